The molecule has 19 heavy (non-hydrogen) atoms. The van der Waals surface area contributed by atoms with Crippen molar-refractivity contribution < 1.29 is 4.92 Å². The molecule has 2 aromatic rings. The minimum Gasteiger partial charge on any atom is -0.368 e. The fourth-order valence-electron chi connectivity index (χ4n) is 1.97. The topological polar surface area (TPSA) is 110 Å². The first-order valence-electron chi connectivity index (χ1n) is 5.53. The second-order valence-electron chi connectivity index (χ2n) is 3.99. The van der Waals surface area contributed by atoms with Crippen LogP contribution in [0.1, 0.15) is 0 Å². The summed E-state index contributed by atoms with van der Waals surface area (Å²) in [5.74, 6) is 0.760. The van der Waals surface area contributed by atoms with Crippen LogP contribution in [-0.4, -0.2) is 21.6 Å². The Bertz CT molecular complexity index is 659. The number of non-ortho nitro benzene ring substituents is 1. The van der Waals surface area contributed by atoms with Gasteiger partial charge in [0.15, 0.2) is 0 Å². The molecule has 3 N–H and O–H groups in total. The molecule has 0 aliphatic carbocycles. The zero-order valence-corrected chi connectivity index (χ0v) is 9.78. The van der Waals surface area contributed by atoms with E-state index in [4.69, 9.17) is 5.73 Å². The molecule has 1 aliphatic heterocycles. The molecule has 1 aromatic carbocycles. The Morgan fingerprint density at radius 1 is 1.42 bits per heavy atom. The number of fused-ring (bicyclic) bond motifs is 1. The lowest BCUT2D eigenvalue weighted by Crippen LogP contribution is -2.18. The van der Waals surface area contributed by atoms with Crippen molar-refractivity contribution in [3.63, 3.8) is 0 Å². The normalized spacial score (nSPS) is 12.9. The predicted molar refractivity (Wildman–Crippen MR) is 70.2 cm³/mol. The van der Waals surface area contributed by atoms with Gasteiger partial charge in [-0.25, -0.2) is 4.98 Å². The van der Waals surface area contributed by atoms with E-state index in [1.54, 1.807) is 23.2 Å². The van der Waals surface area contributed by atoms with Crippen molar-refractivity contribution in [1.29, 1.82) is 0 Å². The summed E-state index contributed by atoms with van der Waals surface area (Å²) in [6, 6.07) is 6.35. The second kappa shape index (κ2) is 4.09. The number of nitro benzene ring substituents is 1. The van der Waals surface area contributed by atoms with Gasteiger partial charge in [0.2, 0.25) is 5.95 Å². The number of nitrogens with two attached hydrogens (primary N) is 1. The van der Waals surface area contributed by atoms with Gasteiger partial charge in [0.1, 0.15) is 5.82 Å². The number of hydrogen-bond acceptors (Lipinski definition) is 7. The lowest BCUT2D eigenvalue weighted by atomic mass is 10.2. The van der Waals surface area contributed by atoms with Crippen molar-refractivity contribution >= 4 is 28.8 Å². The molecule has 0 atom stereocenters. The number of nitrogens with zero attached hydrogens (tertiary/aromatic N) is 4. The minimum atomic E-state index is -0.425. The van der Waals surface area contributed by atoms with Crippen molar-refractivity contribution in [2.75, 3.05) is 22.6 Å². The fourth-order valence-corrected chi connectivity index (χ4v) is 1.97. The molecule has 0 amide bonds. The zero-order chi connectivity index (χ0) is 13.4. The number of hydrogen-bond donors (Lipinski definition) is 2. The first-order chi connectivity index (χ1) is 9.15. The Morgan fingerprint density at radius 3 is 3.00 bits per heavy atom. The van der Waals surface area contributed by atoms with E-state index < -0.39 is 4.92 Å². The summed E-state index contributed by atoms with van der Waals surface area (Å²) >= 11 is 0. The van der Waals surface area contributed by atoms with Gasteiger partial charge in [-0.05, 0) is 12.1 Å². The Labute approximate surface area is 108 Å². The number of nitrogen functional groups attached to an aromatic ring is 1. The van der Waals surface area contributed by atoms with Gasteiger partial charge in [-0.3, -0.25) is 10.1 Å². The Morgan fingerprint density at radius 2 is 2.26 bits per heavy atom. The minimum absolute atomic E-state index is 0.0366. The third-order valence-corrected chi connectivity index (χ3v) is 2.85. The molecule has 0 fully saturated rings. The summed E-state index contributed by atoms with van der Waals surface area (Å²) in [4.78, 5) is 20.1. The number of nitrogens with one attached hydrogen (secondary N) is 1. The summed E-state index contributed by atoms with van der Waals surface area (Å²) in [7, 11) is 0. The van der Waals surface area contributed by atoms with E-state index in [0.29, 0.717) is 18.2 Å². The molecule has 8 heteroatoms. The number of nitro groups is 1. The van der Waals surface area contributed by atoms with Gasteiger partial charge in [-0.1, -0.05) is 0 Å². The van der Waals surface area contributed by atoms with Crippen LogP contribution in [0.2, 0.25) is 0 Å². The molecular formula is C11H10N6O2. The number of rotatable bonds is 2. The lowest BCUT2D eigenvalue weighted by molar-refractivity contribution is -0.384. The van der Waals surface area contributed by atoms with Gasteiger partial charge < -0.3 is 16.0 Å². The number of benzene rings is 1. The third kappa shape index (κ3) is 1.88. The Kier molecular flexibility index (Phi) is 2.41. The van der Waals surface area contributed by atoms with Gasteiger partial charge in [0.25, 0.3) is 5.69 Å². The monoisotopic (exact) mass is 258 g/mol. The second-order valence-corrected chi connectivity index (χ2v) is 3.99. The quantitative estimate of drug-likeness (QED) is 0.620. The van der Waals surface area contributed by atoms with E-state index in [1.807, 2.05) is 0 Å². The van der Waals surface area contributed by atoms with E-state index >= 15 is 0 Å². The molecule has 2 heterocycles. The molecule has 0 bridgehead atoms. The van der Waals surface area contributed by atoms with Gasteiger partial charge >= 0.3 is 0 Å². The highest BCUT2D eigenvalue weighted by molar-refractivity contribution is 5.82. The molecule has 1 aromatic heterocycles. The van der Waals surface area contributed by atoms with Crippen LogP contribution in [0.3, 0.4) is 0 Å². The van der Waals surface area contributed by atoms with Gasteiger partial charge in [-0.15, -0.1) is 0 Å². The van der Waals surface area contributed by atoms with E-state index in [-0.39, 0.29) is 11.6 Å². The first kappa shape index (κ1) is 11.2. The maximum absolute atomic E-state index is 10.8. The van der Waals surface area contributed by atoms with Crippen LogP contribution in [0.5, 0.6) is 0 Å². The van der Waals surface area contributed by atoms with Crippen LogP contribution in [0.15, 0.2) is 30.5 Å². The molecule has 1 aliphatic rings. The molecule has 0 saturated carbocycles. The molecule has 96 valence electrons. The standard InChI is InChI=1S/C11H10N6O2/c12-11-13-4-3-10(15-11)16-6-14-8-2-1-7(17(18)19)5-9(8)16/h1-5,14H,6H2,(H2,12,13,15). The fraction of sp³-hybridized carbons (Fsp3) is 0.0909. The van der Waals surface area contributed by atoms with E-state index in [0.717, 1.165) is 5.69 Å². The SMILES string of the molecule is Nc1nccc(N2CNc3ccc([N+](=O)[O-])cc32)n1. The molecule has 0 radical (unpaired) electrons. The molecule has 0 spiro atoms. The van der Waals surface area contributed by atoms with Crippen LogP contribution < -0.4 is 16.0 Å². The summed E-state index contributed by atoms with van der Waals surface area (Å²) in [5, 5.41) is 14.0. The summed E-state index contributed by atoms with van der Waals surface area (Å²) in [6.45, 7) is 0.479. The number of anilines is 4. The highest BCUT2D eigenvalue weighted by Crippen LogP contribution is 2.38. The molecule has 0 unspecified atom stereocenters. The maximum Gasteiger partial charge on any atom is 0.271 e. The van der Waals surface area contributed by atoms with Crippen LogP contribution in [-0.2, 0) is 0 Å². The first-order valence-corrected chi connectivity index (χ1v) is 5.53. The Balaban J connectivity index is 2.05. The lowest BCUT2D eigenvalue weighted by Gasteiger charge is -2.16. The summed E-state index contributed by atoms with van der Waals surface area (Å²) in [6.07, 6.45) is 1.55. The van der Waals surface area contributed by atoms with Crippen molar-refractivity contribution in [2.45, 2.75) is 0 Å². The highest BCUT2D eigenvalue weighted by atomic mass is 16.6. The van der Waals surface area contributed by atoms with E-state index in [1.165, 1.54) is 12.1 Å². The average molecular weight is 258 g/mol. The van der Waals surface area contributed by atoms with Crippen LogP contribution in [0, 0.1) is 10.1 Å². The largest absolute Gasteiger partial charge is 0.368 e. The van der Waals surface area contributed by atoms with E-state index in [9.17, 15) is 10.1 Å². The maximum atomic E-state index is 10.8. The summed E-state index contributed by atoms with van der Waals surface area (Å²) < 4.78 is 0. The van der Waals surface area contributed by atoms with Crippen LogP contribution in [0.4, 0.5) is 28.8 Å². The summed E-state index contributed by atoms with van der Waals surface area (Å²) in [5.41, 5.74) is 7.11. The average Bonchev–Trinajstić information content (AvgIpc) is 2.81. The predicted octanol–water partition coefficient (Wildman–Crippen LogP) is 1.49. The van der Waals surface area contributed by atoms with Crippen molar-refractivity contribution in [3.8, 4) is 0 Å². The zero-order valence-electron chi connectivity index (χ0n) is 9.78. The van der Waals surface area contributed by atoms with Crippen LogP contribution in [0.25, 0.3) is 0 Å². The van der Waals surface area contributed by atoms with Crippen molar-refractivity contribution in [2.24, 2.45) is 0 Å². The highest BCUT2D eigenvalue weighted by Gasteiger charge is 2.23. The smallest absolute Gasteiger partial charge is 0.271 e. The molecule has 8 nitrogen and oxygen atoms in total. The van der Waals surface area contributed by atoms with Crippen LogP contribution >= 0.6 is 0 Å². The molecular weight excluding hydrogens is 248 g/mol. The van der Waals surface area contributed by atoms with Gasteiger partial charge in [-0.2, -0.15) is 4.98 Å². The molecule has 3 rings (SSSR count). The third-order valence-electron chi connectivity index (χ3n) is 2.85. The Hall–Kier alpha value is -2.90. The number of aromatic nitrogens is 2. The van der Waals surface area contributed by atoms with Crippen molar-refractivity contribution in [1.82, 2.24) is 9.97 Å². The van der Waals surface area contributed by atoms with Crippen molar-refractivity contribution in [3.05, 3.63) is 40.6 Å². The van der Waals surface area contributed by atoms with E-state index in [2.05, 4.69) is 15.3 Å². The molecule has 0 saturated heterocycles. The van der Waals surface area contributed by atoms with Gasteiger partial charge in [0, 0.05) is 18.3 Å². The van der Waals surface area contributed by atoms with Gasteiger partial charge in [0.05, 0.1) is 23.0 Å².